The average Bonchev–Trinajstić information content (AvgIpc) is 2.34. The van der Waals surface area contributed by atoms with Gasteiger partial charge in [-0.05, 0) is 12.1 Å². The minimum atomic E-state index is -0.120. The first-order valence-corrected chi connectivity index (χ1v) is 6.55. The van der Waals surface area contributed by atoms with Crippen LogP contribution in [0.1, 0.15) is 11.6 Å². The lowest BCUT2D eigenvalue weighted by Gasteiger charge is -2.34. The number of hydrogen-bond donors (Lipinski definition) is 3. The van der Waals surface area contributed by atoms with Crippen LogP contribution in [0.25, 0.3) is 0 Å². The lowest BCUT2D eigenvalue weighted by molar-refractivity contribution is 0.109. The van der Waals surface area contributed by atoms with Gasteiger partial charge in [0.2, 0.25) is 0 Å². The highest BCUT2D eigenvalue weighted by atomic mass is 79.9. The van der Waals surface area contributed by atoms with E-state index in [9.17, 15) is 10.2 Å². The van der Waals surface area contributed by atoms with E-state index in [4.69, 9.17) is 0 Å². The molecule has 0 aromatic heterocycles. The van der Waals surface area contributed by atoms with E-state index in [0.717, 1.165) is 36.2 Å². The molecule has 1 aromatic carbocycles. The van der Waals surface area contributed by atoms with Gasteiger partial charge in [-0.15, -0.1) is 12.4 Å². The van der Waals surface area contributed by atoms with Gasteiger partial charge in [-0.1, -0.05) is 22.0 Å². The Balaban J connectivity index is 0.00000162. The smallest absolute Gasteiger partial charge is 0.121 e. The quantitative estimate of drug-likeness (QED) is 0.783. The molecule has 1 aliphatic rings. The van der Waals surface area contributed by atoms with Crippen LogP contribution in [0.15, 0.2) is 22.7 Å². The highest BCUT2D eigenvalue weighted by molar-refractivity contribution is 9.10. The largest absolute Gasteiger partial charge is 0.508 e. The number of rotatable bonds is 3. The minimum Gasteiger partial charge on any atom is -0.508 e. The van der Waals surface area contributed by atoms with E-state index in [1.807, 2.05) is 12.1 Å². The van der Waals surface area contributed by atoms with Crippen molar-refractivity contribution in [1.82, 2.24) is 10.2 Å². The summed E-state index contributed by atoms with van der Waals surface area (Å²) in [4.78, 5) is 2.19. The van der Waals surface area contributed by atoms with Crippen molar-refractivity contribution in [2.75, 3.05) is 32.8 Å². The van der Waals surface area contributed by atoms with Crippen molar-refractivity contribution in [1.29, 1.82) is 0 Å². The highest BCUT2D eigenvalue weighted by Gasteiger charge is 2.23. The first kappa shape index (κ1) is 15.7. The maximum absolute atomic E-state index is 9.94. The lowest BCUT2D eigenvalue weighted by atomic mass is 10.0. The Morgan fingerprint density at radius 1 is 1.33 bits per heavy atom. The van der Waals surface area contributed by atoms with Gasteiger partial charge in [-0.2, -0.15) is 0 Å². The molecule has 0 bridgehead atoms. The Morgan fingerprint density at radius 2 is 2.00 bits per heavy atom. The van der Waals surface area contributed by atoms with Gasteiger partial charge in [-0.25, -0.2) is 0 Å². The molecule has 1 atom stereocenters. The number of phenols is 1. The summed E-state index contributed by atoms with van der Waals surface area (Å²) in [6.45, 7) is 3.65. The van der Waals surface area contributed by atoms with E-state index < -0.39 is 0 Å². The standard InChI is InChI=1S/C12H17BrN2O2.ClH/c13-9-1-2-10(12(17)7-9)11(8-16)15-5-3-14-4-6-15;/h1-2,7,11,14,16-17H,3-6,8H2;1H/t11-;/m0./s1. The number of nitrogens with one attached hydrogen (secondary N) is 1. The predicted octanol–water partition coefficient (Wildman–Crippen LogP) is 1.52. The van der Waals surface area contributed by atoms with Crippen molar-refractivity contribution in [2.24, 2.45) is 0 Å². The molecule has 0 spiro atoms. The maximum Gasteiger partial charge on any atom is 0.121 e. The number of halogens is 2. The summed E-state index contributed by atoms with van der Waals surface area (Å²) in [7, 11) is 0. The monoisotopic (exact) mass is 336 g/mol. The van der Waals surface area contributed by atoms with Crippen LogP contribution in [0.5, 0.6) is 5.75 Å². The number of nitrogens with zero attached hydrogens (tertiary/aromatic N) is 1. The highest BCUT2D eigenvalue weighted by Crippen LogP contribution is 2.30. The summed E-state index contributed by atoms with van der Waals surface area (Å²) in [5.74, 6) is 0.233. The van der Waals surface area contributed by atoms with Gasteiger partial charge in [0.1, 0.15) is 5.75 Å². The fourth-order valence-electron chi connectivity index (χ4n) is 2.20. The first-order valence-electron chi connectivity index (χ1n) is 5.76. The van der Waals surface area contributed by atoms with Crippen molar-refractivity contribution in [3.8, 4) is 5.75 Å². The molecule has 2 rings (SSSR count). The van der Waals surface area contributed by atoms with Crippen molar-refractivity contribution >= 4 is 28.3 Å². The van der Waals surface area contributed by atoms with Crippen LogP contribution in [0.2, 0.25) is 0 Å². The Kier molecular flexibility index (Phi) is 6.38. The molecule has 1 heterocycles. The third-order valence-electron chi connectivity index (χ3n) is 3.12. The Bertz CT molecular complexity index is 386. The molecule has 1 aliphatic heterocycles. The third kappa shape index (κ3) is 3.59. The van der Waals surface area contributed by atoms with Gasteiger partial charge < -0.3 is 15.5 Å². The summed E-state index contributed by atoms with van der Waals surface area (Å²) in [6, 6.07) is 5.30. The van der Waals surface area contributed by atoms with Gasteiger partial charge >= 0.3 is 0 Å². The molecule has 18 heavy (non-hydrogen) atoms. The zero-order chi connectivity index (χ0) is 12.3. The Morgan fingerprint density at radius 3 is 2.56 bits per heavy atom. The van der Waals surface area contributed by atoms with Crippen LogP contribution >= 0.6 is 28.3 Å². The van der Waals surface area contributed by atoms with Gasteiger partial charge in [0.05, 0.1) is 12.6 Å². The van der Waals surface area contributed by atoms with Crippen molar-refractivity contribution in [3.05, 3.63) is 28.2 Å². The van der Waals surface area contributed by atoms with E-state index in [0.29, 0.717) is 0 Å². The molecular weight excluding hydrogens is 320 g/mol. The zero-order valence-electron chi connectivity index (χ0n) is 9.97. The van der Waals surface area contributed by atoms with E-state index in [-0.39, 0.29) is 30.8 Å². The number of aliphatic hydroxyl groups excluding tert-OH is 1. The van der Waals surface area contributed by atoms with Gasteiger partial charge in [0.15, 0.2) is 0 Å². The summed E-state index contributed by atoms with van der Waals surface area (Å²) < 4.78 is 0.843. The molecule has 6 heteroatoms. The molecule has 1 fully saturated rings. The number of benzene rings is 1. The summed E-state index contributed by atoms with van der Waals surface area (Å²) in [5.41, 5.74) is 0.789. The summed E-state index contributed by atoms with van der Waals surface area (Å²) in [6.07, 6.45) is 0. The van der Waals surface area contributed by atoms with E-state index in [2.05, 4.69) is 26.1 Å². The van der Waals surface area contributed by atoms with Crippen LogP contribution in [0, 0.1) is 0 Å². The average molecular weight is 338 g/mol. The Hall–Kier alpha value is -0.330. The molecule has 0 amide bonds. The molecule has 102 valence electrons. The lowest BCUT2D eigenvalue weighted by Crippen LogP contribution is -2.46. The number of aromatic hydroxyl groups is 1. The second-order valence-electron chi connectivity index (χ2n) is 4.19. The predicted molar refractivity (Wildman–Crippen MR) is 77.3 cm³/mol. The van der Waals surface area contributed by atoms with Crippen molar-refractivity contribution in [3.63, 3.8) is 0 Å². The molecule has 0 aliphatic carbocycles. The molecule has 1 saturated heterocycles. The molecule has 3 N–H and O–H groups in total. The summed E-state index contributed by atoms with van der Waals surface area (Å²) in [5, 5.41) is 22.8. The minimum absolute atomic E-state index is 0. The number of aliphatic hydroxyl groups is 1. The molecular formula is C12H18BrClN2O2. The number of phenolic OH excluding ortho intramolecular Hbond substituents is 1. The molecule has 0 radical (unpaired) electrons. The van der Waals surface area contributed by atoms with Crippen LogP contribution in [0.3, 0.4) is 0 Å². The molecule has 4 nitrogen and oxygen atoms in total. The second kappa shape index (κ2) is 7.31. The van der Waals surface area contributed by atoms with E-state index in [1.165, 1.54) is 0 Å². The van der Waals surface area contributed by atoms with Crippen LogP contribution in [-0.4, -0.2) is 47.9 Å². The van der Waals surface area contributed by atoms with Crippen LogP contribution in [-0.2, 0) is 0 Å². The maximum atomic E-state index is 9.94. The number of hydrogen-bond acceptors (Lipinski definition) is 4. The van der Waals surface area contributed by atoms with E-state index in [1.54, 1.807) is 6.07 Å². The van der Waals surface area contributed by atoms with Crippen molar-refractivity contribution < 1.29 is 10.2 Å². The Labute approximate surface area is 122 Å². The van der Waals surface area contributed by atoms with Crippen molar-refractivity contribution in [2.45, 2.75) is 6.04 Å². The first-order chi connectivity index (χ1) is 8.22. The SMILES string of the molecule is Cl.OC[C@@H](c1ccc(Br)cc1O)N1CCNCC1. The zero-order valence-corrected chi connectivity index (χ0v) is 12.4. The molecule has 0 saturated carbocycles. The van der Waals surface area contributed by atoms with Gasteiger partial charge in [0, 0.05) is 36.2 Å². The fourth-order valence-corrected chi connectivity index (χ4v) is 2.55. The fraction of sp³-hybridized carbons (Fsp3) is 0.500. The number of piperazine rings is 1. The summed E-state index contributed by atoms with van der Waals surface area (Å²) >= 11 is 3.32. The van der Waals surface area contributed by atoms with Crippen LogP contribution in [0.4, 0.5) is 0 Å². The van der Waals surface area contributed by atoms with Gasteiger partial charge in [0.25, 0.3) is 0 Å². The third-order valence-corrected chi connectivity index (χ3v) is 3.61. The molecule has 1 aromatic rings. The molecule has 0 unspecified atom stereocenters. The topological polar surface area (TPSA) is 55.7 Å². The van der Waals surface area contributed by atoms with E-state index >= 15 is 0 Å². The van der Waals surface area contributed by atoms with Crippen LogP contribution < -0.4 is 5.32 Å². The second-order valence-corrected chi connectivity index (χ2v) is 5.10. The van der Waals surface area contributed by atoms with Gasteiger partial charge in [-0.3, -0.25) is 4.90 Å². The normalized spacial score (nSPS) is 18.1.